The maximum atomic E-state index is 11.9. The number of nitrogens with two attached hydrogens (primary N) is 1. The lowest BCUT2D eigenvalue weighted by atomic mass is 10.3. The molecule has 176 valence electrons. The molecule has 3 aromatic rings. The summed E-state index contributed by atoms with van der Waals surface area (Å²) in [4.78, 5) is 13.9. The molecule has 0 bridgehead atoms. The second-order valence-corrected chi connectivity index (χ2v) is 11.2. The van der Waals surface area contributed by atoms with Crippen molar-refractivity contribution in [1.82, 2.24) is 10.2 Å². The number of carbonyl (C=O) groups excluding carboxylic acids is 1. The molecule has 8 heteroatoms. The molecule has 1 amide bonds. The molecule has 0 heterocycles. The number of rotatable bonds is 9. The van der Waals surface area contributed by atoms with Crippen LogP contribution in [0.5, 0.6) is 0 Å². The second-order valence-electron chi connectivity index (χ2n) is 7.59. The predicted molar refractivity (Wildman–Crippen MR) is 139 cm³/mol. The Morgan fingerprint density at radius 1 is 0.879 bits per heavy atom. The van der Waals surface area contributed by atoms with Crippen molar-refractivity contribution < 1.29 is 17.2 Å². The number of guanidine groups is 1. The van der Waals surface area contributed by atoms with Gasteiger partial charge in [0.05, 0.1) is 12.7 Å². The Kier molecular flexibility index (Phi) is 12.1. The van der Waals surface area contributed by atoms with E-state index >= 15 is 0 Å². The summed E-state index contributed by atoms with van der Waals surface area (Å²) in [6.45, 7) is 0.993. The van der Waals surface area contributed by atoms with Gasteiger partial charge < -0.3 is 18.1 Å². The molecule has 0 radical (unpaired) electrons. The predicted octanol–water partition coefficient (Wildman–Crippen LogP) is -0.262. The molecular weight excluding hydrogens is 474 g/mol. The number of carbonyl (C=O) groups is 1. The molecule has 4 N–H and O–H groups in total. The van der Waals surface area contributed by atoms with Gasteiger partial charge in [0, 0.05) is 6.54 Å². The van der Waals surface area contributed by atoms with E-state index in [1.807, 2.05) is 11.9 Å². The lowest BCUT2D eigenvalue weighted by Gasteiger charge is -2.28. The fourth-order valence-electron chi connectivity index (χ4n) is 3.97. The van der Waals surface area contributed by atoms with Crippen molar-refractivity contribution in [2.45, 2.75) is 6.42 Å². The molecule has 0 aromatic heterocycles. The molecule has 0 saturated heterocycles. The van der Waals surface area contributed by atoms with Crippen LogP contribution in [0.1, 0.15) is 6.42 Å². The normalized spacial score (nSPS) is 10.6. The van der Waals surface area contributed by atoms with E-state index in [4.69, 9.17) is 11.1 Å². The van der Waals surface area contributed by atoms with E-state index in [1.165, 1.54) is 15.9 Å². The minimum absolute atomic E-state index is 0. The molecule has 0 aliphatic carbocycles. The average Bonchev–Trinajstić information content (AvgIpc) is 2.78. The molecule has 0 saturated carbocycles. The van der Waals surface area contributed by atoms with E-state index in [0.29, 0.717) is 0 Å². The summed E-state index contributed by atoms with van der Waals surface area (Å²) in [6, 6.07) is 32.4. The molecule has 5 nitrogen and oxygen atoms in total. The van der Waals surface area contributed by atoms with Crippen molar-refractivity contribution in [3.63, 3.8) is 0 Å². The minimum atomic E-state index is -1.85. The number of likely N-dealkylation sites (N-methyl/N-ethyl adjacent to an activating group) is 1. The molecule has 0 aliphatic rings. The van der Waals surface area contributed by atoms with Gasteiger partial charge >= 0.3 is 0 Å². The van der Waals surface area contributed by atoms with Gasteiger partial charge in [0.15, 0.2) is 5.96 Å². The third kappa shape index (κ3) is 7.55. The van der Waals surface area contributed by atoms with Gasteiger partial charge in [-0.05, 0) is 49.9 Å². The fraction of sp³-hybridized carbons (Fsp3) is 0.200. The zero-order valence-electron chi connectivity index (χ0n) is 18.7. The second kappa shape index (κ2) is 14.0. The zero-order chi connectivity index (χ0) is 22.1. The first-order valence-electron chi connectivity index (χ1n) is 10.4. The largest absolute Gasteiger partial charge is 1.00 e. The maximum absolute atomic E-state index is 11.9. The summed E-state index contributed by atoms with van der Waals surface area (Å²) in [7, 11) is 0.0764. The van der Waals surface area contributed by atoms with E-state index in [2.05, 4.69) is 96.3 Å². The Morgan fingerprint density at radius 3 is 1.64 bits per heavy atom. The molecule has 33 heavy (non-hydrogen) atoms. The quantitative estimate of drug-likeness (QED) is 0.213. The highest BCUT2D eigenvalue weighted by atomic mass is 35.5. The first-order valence-corrected chi connectivity index (χ1v) is 12.4. The number of nitrogens with one attached hydrogen (secondary N) is 2. The molecular formula is C25H31Cl2N4OP. The van der Waals surface area contributed by atoms with Crippen LogP contribution < -0.4 is 39.4 Å². The molecule has 0 unspecified atom stereocenters. The number of amides is 1. The first kappa shape index (κ1) is 28.6. The van der Waals surface area contributed by atoms with Gasteiger partial charge in [-0.1, -0.05) is 54.6 Å². The van der Waals surface area contributed by atoms with Crippen LogP contribution in [0.3, 0.4) is 0 Å². The number of hydrogen-bond donors (Lipinski definition) is 3. The van der Waals surface area contributed by atoms with Crippen molar-refractivity contribution in [3.05, 3.63) is 91.0 Å². The van der Waals surface area contributed by atoms with Crippen molar-refractivity contribution >= 4 is 47.4 Å². The lowest BCUT2D eigenvalue weighted by Crippen LogP contribution is -3.00. The Morgan fingerprint density at radius 2 is 1.27 bits per heavy atom. The molecule has 3 rings (SSSR count). The summed E-state index contributed by atoms with van der Waals surface area (Å²) in [5, 5.41) is 13.6. The van der Waals surface area contributed by atoms with E-state index in [-0.39, 0.29) is 43.2 Å². The number of hydrogen-bond acceptors (Lipinski definition) is 3. The van der Waals surface area contributed by atoms with E-state index in [0.717, 1.165) is 19.1 Å². The van der Waals surface area contributed by atoms with E-state index < -0.39 is 7.26 Å². The molecule has 0 atom stereocenters. The van der Waals surface area contributed by atoms with E-state index in [9.17, 15) is 4.79 Å². The summed E-state index contributed by atoms with van der Waals surface area (Å²) in [5.74, 6) is -0.578. The van der Waals surface area contributed by atoms with Gasteiger partial charge in [-0.2, -0.15) is 0 Å². The summed E-state index contributed by atoms with van der Waals surface area (Å²) >= 11 is 0. The van der Waals surface area contributed by atoms with Crippen molar-refractivity contribution in [3.8, 4) is 0 Å². The molecule has 0 aliphatic heterocycles. The van der Waals surface area contributed by atoms with Crippen LogP contribution in [0, 0.1) is 5.41 Å². The first-order chi connectivity index (χ1) is 15.0. The van der Waals surface area contributed by atoms with Gasteiger partial charge in [-0.15, -0.1) is 12.4 Å². The van der Waals surface area contributed by atoms with Crippen molar-refractivity contribution in [2.24, 2.45) is 5.73 Å². The van der Waals surface area contributed by atoms with Crippen LogP contribution >= 0.6 is 19.7 Å². The van der Waals surface area contributed by atoms with Crippen LogP contribution in [0.2, 0.25) is 0 Å². The Balaban J connectivity index is 0.00000272. The molecule has 0 spiro atoms. The average molecular weight is 505 g/mol. The number of nitrogens with zero attached hydrogens (tertiary/aromatic N) is 1. The van der Waals surface area contributed by atoms with Crippen molar-refractivity contribution in [2.75, 3.05) is 26.3 Å². The lowest BCUT2D eigenvalue weighted by molar-refractivity contribution is -0.120. The zero-order valence-corrected chi connectivity index (χ0v) is 21.1. The number of halogens is 2. The number of benzene rings is 3. The summed E-state index contributed by atoms with van der Waals surface area (Å²) in [5.41, 5.74) is 5.26. The highest BCUT2D eigenvalue weighted by molar-refractivity contribution is 7.95. The van der Waals surface area contributed by atoms with Gasteiger partial charge in [0.2, 0.25) is 5.91 Å². The van der Waals surface area contributed by atoms with Gasteiger partial charge in [-0.3, -0.25) is 20.4 Å². The Bertz CT molecular complexity index is 894. The minimum Gasteiger partial charge on any atom is -1.00 e. The highest BCUT2D eigenvalue weighted by Crippen LogP contribution is 2.55. The van der Waals surface area contributed by atoms with Crippen LogP contribution in [0.4, 0.5) is 0 Å². The third-order valence-corrected chi connectivity index (χ3v) is 9.84. The van der Waals surface area contributed by atoms with Crippen LogP contribution in [-0.2, 0) is 4.79 Å². The summed E-state index contributed by atoms with van der Waals surface area (Å²) in [6.07, 6.45) is 1.94. The van der Waals surface area contributed by atoms with Gasteiger partial charge in [0.25, 0.3) is 0 Å². The third-order valence-electron chi connectivity index (χ3n) is 5.31. The molecule has 3 aromatic carbocycles. The van der Waals surface area contributed by atoms with Crippen molar-refractivity contribution in [1.29, 1.82) is 5.41 Å². The Labute approximate surface area is 209 Å². The standard InChI is InChI=1S/C25H29N4OP.2ClH/c1-29(20-24(30)28-25(26)27)18-11-19-31(21-12-5-2-6-13-21,22-14-7-3-8-15-22)23-16-9-4-10-17-23;;/h2-10,12-17H,11,18-20H2,1H3,(H3-,26,27,28,30);2*1H. The van der Waals surface area contributed by atoms with E-state index in [1.54, 1.807) is 0 Å². The smallest absolute Gasteiger partial charge is 0.240 e. The van der Waals surface area contributed by atoms with Crippen LogP contribution in [-0.4, -0.2) is 43.1 Å². The summed E-state index contributed by atoms with van der Waals surface area (Å²) < 4.78 is 0. The fourth-order valence-corrected chi connectivity index (χ4v) is 8.30. The SMILES string of the molecule is CN(CCC[P+](c1ccccc1)(c1ccccc1)c1ccccc1)CC(=O)NC(=N)N.Cl.[Cl-]. The maximum Gasteiger partial charge on any atom is 0.240 e. The topological polar surface area (TPSA) is 82.2 Å². The van der Waals surface area contributed by atoms with Crippen LogP contribution in [0.25, 0.3) is 0 Å². The van der Waals surface area contributed by atoms with Crippen LogP contribution in [0.15, 0.2) is 91.0 Å². The van der Waals surface area contributed by atoms with Gasteiger partial charge in [-0.25, -0.2) is 0 Å². The molecule has 0 fully saturated rings. The Hall–Kier alpha value is -2.43. The van der Waals surface area contributed by atoms with Gasteiger partial charge in [0.1, 0.15) is 23.2 Å². The monoisotopic (exact) mass is 504 g/mol. The highest BCUT2D eigenvalue weighted by Gasteiger charge is 2.44.